The van der Waals surface area contributed by atoms with Gasteiger partial charge in [-0.1, -0.05) is 13.8 Å². The first-order chi connectivity index (χ1) is 8.85. The first kappa shape index (κ1) is 12.8. The smallest absolute Gasteiger partial charge is 0.152 e. The van der Waals surface area contributed by atoms with E-state index in [1.807, 2.05) is 16.8 Å². The van der Waals surface area contributed by atoms with Crippen LogP contribution < -0.4 is 5.32 Å². The quantitative estimate of drug-likeness (QED) is 0.759. The molecule has 98 valence electrons. The molecule has 2 heterocycles. The van der Waals surface area contributed by atoms with Crippen molar-refractivity contribution in [3.8, 4) is 0 Å². The molecule has 0 unspecified atom stereocenters. The number of anilines is 1. The molecule has 0 amide bonds. The summed E-state index contributed by atoms with van der Waals surface area (Å²) in [4.78, 5) is 6.78. The van der Waals surface area contributed by atoms with E-state index < -0.39 is 0 Å². The number of hydrogen-bond donors (Lipinski definition) is 1. The zero-order valence-electron chi connectivity index (χ0n) is 11.1. The Hall–Kier alpha value is -1.62. The van der Waals surface area contributed by atoms with Crippen molar-refractivity contribution in [2.45, 2.75) is 20.3 Å². The molecule has 0 spiro atoms. The molecule has 18 heavy (non-hydrogen) atoms. The molecule has 5 nitrogen and oxygen atoms in total. The topological polar surface area (TPSA) is 45.5 Å². The molecule has 2 aromatic rings. The molecule has 0 aliphatic heterocycles. The number of fused-ring (bicyclic) bond motifs is 1. The third-order valence-corrected chi connectivity index (χ3v) is 3.16. The SMILES string of the molecule is CCN(CC)CCCNc1nccn2nccc12. The molecule has 0 aliphatic rings. The average molecular weight is 247 g/mol. The van der Waals surface area contributed by atoms with E-state index >= 15 is 0 Å². The summed E-state index contributed by atoms with van der Waals surface area (Å²) in [5.41, 5.74) is 1.03. The molecule has 0 saturated carbocycles. The van der Waals surface area contributed by atoms with E-state index in [0.29, 0.717) is 0 Å². The first-order valence-electron chi connectivity index (χ1n) is 6.59. The number of aromatic nitrogens is 3. The first-order valence-corrected chi connectivity index (χ1v) is 6.59. The Balaban J connectivity index is 1.85. The minimum Gasteiger partial charge on any atom is -0.368 e. The Kier molecular flexibility index (Phi) is 4.52. The lowest BCUT2D eigenvalue weighted by Crippen LogP contribution is -2.25. The van der Waals surface area contributed by atoms with Gasteiger partial charge < -0.3 is 10.2 Å². The van der Waals surface area contributed by atoms with Crippen LogP contribution in [0.3, 0.4) is 0 Å². The van der Waals surface area contributed by atoms with Crippen LogP contribution in [0, 0.1) is 0 Å². The average Bonchev–Trinajstić information content (AvgIpc) is 2.88. The van der Waals surface area contributed by atoms with Gasteiger partial charge in [0.15, 0.2) is 5.82 Å². The highest BCUT2D eigenvalue weighted by molar-refractivity contribution is 5.66. The maximum Gasteiger partial charge on any atom is 0.152 e. The van der Waals surface area contributed by atoms with Crippen LogP contribution in [0.25, 0.3) is 5.52 Å². The molecule has 0 bridgehead atoms. The predicted molar refractivity (Wildman–Crippen MR) is 73.9 cm³/mol. The Labute approximate surface area is 108 Å². The van der Waals surface area contributed by atoms with Gasteiger partial charge in [0.25, 0.3) is 0 Å². The van der Waals surface area contributed by atoms with Gasteiger partial charge in [-0.05, 0) is 32.1 Å². The van der Waals surface area contributed by atoms with Crippen molar-refractivity contribution in [2.24, 2.45) is 0 Å². The van der Waals surface area contributed by atoms with Gasteiger partial charge in [0.2, 0.25) is 0 Å². The van der Waals surface area contributed by atoms with Crippen LogP contribution in [0.4, 0.5) is 5.82 Å². The molecular formula is C13H21N5. The lowest BCUT2D eigenvalue weighted by atomic mass is 10.3. The molecule has 0 aromatic carbocycles. The maximum atomic E-state index is 4.35. The zero-order chi connectivity index (χ0) is 12.8. The minimum absolute atomic E-state index is 0.912. The molecule has 0 radical (unpaired) electrons. The van der Waals surface area contributed by atoms with Crippen LogP contribution in [0.5, 0.6) is 0 Å². The fraction of sp³-hybridized carbons (Fsp3) is 0.538. The highest BCUT2D eigenvalue weighted by Gasteiger charge is 2.02. The van der Waals surface area contributed by atoms with Crippen molar-refractivity contribution >= 4 is 11.3 Å². The second-order valence-corrected chi connectivity index (χ2v) is 4.24. The van der Waals surface area contributed by atoms with Gasteiger partial charge in [0.1, 0.15) is 5.52 Å². The zero-order valence-corrected chi connectivity index (χ0v) is 11.1. The summed E-state index contributed by atoms with van der Waals surface area (Å²) in [7, 11) is 0. The van der Waals surface area contributed by atoms with Crippen LogP contribution in [-0.2, 0) is 0 Å². The third-order valence-electron chi connectivity index (χ3n) is 3.16. The highest BCUT2D eigenvalue weighted by Crippen LogP contribution is 2.11. The van der Waals surface area contributed by atoms with Crippen molar-refractivity contribution in [1.82, 2.24) is 19.5 Å². The van der Waals surface area contributed by atoms with Crippen molar-refractivity contribution in [2.75, 3.05) is 31.5 Å². The van der Waals surface area contributed by atoms with E-state index in [1.165, 1.54) is 0 Å². The normalized spacial score (nSPS) is 11.3. The Morgan fingerprint density at radius 1 is 1.28 bits per heavy atom. The van der Waals surface area contributed by atoms with Crippen LogP contribution in [0.1, 0.15) is 20.3 Å². The molecule has 0 saturated heterocycles. The van der Waals surface area contributed by atoms with Crippen molar-refractivity contribution in [1.29, 1.82) is 0 Å². The Morgan fingerprint density at radius 2 is 2.11 bits per heavy atom. The van der Waals surface area contributed by atoms with E-state index in [-0.39, 0.29) is 0 Å². The lowest BCUT2D eigenvalue weighted by molar-refractivity contribution is 0.303. The van der Waals surface area contributed by atoms with Gasteiger partial charge in [-0.15, -0.1) is 0 Å². The van der Waals surface area contributed by atoms with Gasteiger partial charge in [-0.25, -0.2) is 9.50 Å². The summed E-state index contributed by atoms with van der Waals surface area (Å²) in [6, 6.07) is 1.97. The van der Waals surface area contributed by atoms with E-state index in [1.54, 1.807) is 12.4 Å². The Morgan fingerprint density at radius 3 is 2.89 bits per heavy atom. The standard InChI is InChI=1S/C13H21N5/c1-3-17(4-2)10-5-7-14-13-12-6-8-16-18(12)11-9-15-13/h6,8-9,11H,3-5,7,10H2,1-2H3,(H,14,15). The number of nitrogens with zero attached hydrogens (tertiary/aromatic N) is 4. The van der Waals surface area contributed by atoms with Crippen LogP contribution in [0.2, 0.25) is 0 Å². The third kappa shape index (κ3) is 2.98. The molecule has 1 N–H and O–H groups in total. The van der Waals surface area contributed by atoms with Crippen LogP contribution >= 0.6 is 0 Å². The second kappa shape index (κ2) is 6.35. The van der Waals surface area contributed by atoms with Gasteiger partial charge in [0.05, 0.1) is 6.20 Å². The summed E-state index contributed by atoms with van der Waals surface area (Å²) < 4.78 is 1.83. The van der Waals surface area contributed by atoms with E-state index in [0.717, 1.165) is 43.9 Å². The van der Waals surface area contributed by atoms with Gasteiger partial charge >= 0.3 is 0 Å². The fourth-order valence-corrected chi connectivity index (χ4v) is 2.04. The highest BCUT2D eigenvalue weighted by atomic mass is 15.2. The molecule has 0 fully saturated rings. The van der Waals surface area contributed by atoms with Crippen molar-refractivity contribution in [3.63, 3.8) is 0 Å². The monoisotopic (exact) mass is 247 g/mol. The van der Waals surface area contributed by atoms with E-state index in [9.17, 15) is 0 Å². The second-order valence-electron chi connectivity index (χ2n) is 4.24. The molecular weight excluding hydrogens is 226 g/mol. The van der Waals surface area contributed by atoms with Crippen molar-refractivity contribution < 1.29 is 0 Å². The van der Waals surface area contributed by atoms with Crippen molar-refractivity contribution in [3.05, 3.63) is 24.7 Å². The summed E-state index contributed by atoms with van der Waals surface area (Å²) >= 11 is 0. The van der Waals surface area contributed by atoms with Crippen LogP contribution in [-0.4, -0.2) is 45.7 Å². The Bertz CT molecular complexity index is 475. The van der Waals surface area contributed by atoms with E-state index in [2.05, 4.69) is 34.1 Å². The number of hydrogen-bond acceptors (Lipinski definition) is 4. The fourth-order valence-electron chi connectivity index (χ4n) is 2.04. The lowest BCUT2D eigenvalue weighted by Gasteiger charge is -2.17. The van der Waals surface area contributed by atoms with E-state index in [4.69, 9.17) is 0 Å². The molecule has 0 aliphatic carbocycles. The molecule has 5 heteroatoms. The largest absolute Gasteiger partial charge is 0.368 e. The number of nitrogens with one attached hydrogen (secondary N) is 1. The summed E-state index contributed by atoms with van der Waals surface area (Å²) in [6.45, 7) is 8.70. The molecule has 2 aromatic heterocycles. The van der Waals surface area contributed by atoms with Gasteiger partial charge in [-0.3, -0.25) is 0 Å². The minimum atomic E-state index is 0.912. The molecule has 2 rings (SSSR count). The summed E-state index contributed by atoms with van der Waals surface area (Å²) in [6.07, 6.45) is 6.54. The summed E-state index contributed by atoms with van der Waals surface area (Å²) in [5, 5.41) is 7.57. The van der Waals surface area contributed by atoms with Crippen LogP contribution in [0.15, 0.2) is 24.7 Å². The maximum absolute atomic E-state index is 4.35. The predicted octanol–water partition coefficient (Wildman–Crippen LogP) is 1.87. The summed E-state index contributed by atoms with van der Waals surface area (Å²) in [5.74, 6) is 0.912. The van der Waals surface area contributed by atoms with Gasteiger partial charge in [0, 0.05) is 18.9 Å². The van der Waals surface area contributed by atoms with Gasteiger partial charge in [-0.2, -0.15) is 5.10 Å². The molecule has 0 atom stereocenters. The number of rotatable bonds is 7.